The van der Waals surface area contributed by atoms with Crippen LogP contribution in [0.2, 0.25) is 0 Å². The maximum atomic E-state index is 12.0. The van der Waals surface area contributed by atoms with E-state index in [1.807, 2.05) is 24.4 Å². The van der Waals surface area contributed by atoms with Crippen molar-refractivity contribution in [3.8, 4) is 34.4 Å². The Morgan fingerprint density at radius 3 is 2.50 bits per heavy atom. The fourth-order valence-corrected chi connectivity index (χ4v) is 3.10. The Morgan fingerprint density at radius 2 is 1.82 bits per heavy atom. The van der Waals surface area contributed by atoms with E-state index in [1.54, 1.807) is 37.9 Å². The minimum absolute atomic E-state index is 0. The first kappa shape index (κ1) is 17.9. The molecule has 4 rings (SSSR count). The standard InChI is InChI=1S/C19H16N6O2S.H2/c1-11-16(18-24-23-17(27-18)15-9-28-10-21-15)22-14(8-20-11)12-4-6-13(7-5-12)19(26)25(2)3;/h4-10H,1-3H3;1H. The smallest absolute Gasteiger partial charge is 0.268 e. The molecule has 0 radical (unpaired) electrons. The molecule has 0 aliphatic carbocycles. The van der Waals surface area contributed by atoms with E-state index in [2.05, 4.69) is 25.1 Å². The molecule has 0 aliphatic rings. The summed E-state index contributed by atoms with van der Waals surface area (Å²) >= 11 is 1.45. The Hall–Kier alpha value is -3.46. The van der Waals surface area contributed by atoms with Crippen molar-refractivity contribution in [3.05, 3.63) is 52.6 Å². The van der Waals surface area contributed by atoms with Gasteiger partial charge in [-0.05, 0) is 19.1 Å². The quantitative estimate of drug-likeness (QED) is 0.522. The lowest BCUT2D eigenvalue weighted by molar-refractivity contribution is 0.0827. The summed E-state index contributed by atoms with van der Waals surface area (Å²) in [6.45, 7) is 1.83. The number of thiazole rings is 1. The van der Waals surface area contributed by atoms with Gasteiger partial charge in [0.05, 0.1) is 23.1 Å². The molecule has 0 spiro atoms. The largest absolute Gasteiger partial charge is 0.413 e. The average Bonchev–Trinajstić information content (AvgIpc) is 3.39. The highest BCUT2D eigenvalue weighted by Gasteiger charge is 2.17. The molecule has 3 aromatic heterocycles. The van der Waals surface area contributed by atoms with Gasteiger partial charge >= 0.3 is 0 Å². The molecule has 0 bridgehead atoms. The second-order valence-corrected chi connectivity index (χ2v) is 6.97. The Labute approximate surface area is 166 Å². The van der Waals surface area contributed by atoms with E-state index in [4.69, 9.17) is 4.42 Å². The average molecular weight is 394 g/mol. The molecule has 0 fully saturated rings. The van der Waals surface area contributed by atoms with Crippen LogP contribution in [0.3, 0.4) is 0 Å². The van der Waals surface area contributed by atoms with Gasteiger partial charge in [-0.15, -0.1) is 21.5 Å². The highest BCUT2D eigenvalue weighted by Crippen LogP contribution is 2.26. The van der Waals surface area contributed by atoms with Crippen molar-refractivity contribution in [2.75, 3.05) is 14.1 Å². The number of benzene rings is 1. The zero-order valence-electron chi connectivity index (χ0n) is 15.4. The Kier molecular flexibility index (Phi) is 4.66. The monoisotopic (exact) mass is 394 g/mol. The summed E-state index contributed by atoms with van der Waals surface area (Å²) in [6, 6.07) is 7.22. The molecule has 0 aliphatic heterocycles. The maximum absolute atomic E-state index is 12.0. The summed E-state index contributed by atoms with van der Waals surface area (Å²) in [5.74, 6) is 0.575. The van der Waals surface area contributed by atoms with Crippen LogP contribution in [-0.4, -0.2) is 50.1 Å². The second-order valence-electron chi connectivity index (χ2n) is 6.25. The summed E-state index contributed by atoms with van der Waals surface area (Å²) in [5.41, 5.74) is 5.62. The van der Waals surface area contributed by atoms with Gasteiger partial charge in [0.15, 0.2) is 0 Å². The van der Waals surface area contributed by atoms with Crippen LogP contribution in [-0.2, 0) is 0 Å². The van der Waals surface area contributed by atoms with E-state index in [0.717, 1.165) is 5.56 Å². The van der Waals surface area contributed by atoms with Crippen LogP contribution < -0.4 is 0 Å². The van der Waals surface area contributed by atoms with Crippen molar-refractivity contribution < 1.29 is 10.6 Å². The number of rotatable bonds is 4. The highest BCUT2D eigenvalue weighted by molar-refractivity contribution is 7.07. The first-order valence-corrected chi connectivity index (χ1v) is 9.35. The number of hydrogen-bond donors (Lipinski definition) is 0. The minimum Gasteiger partial charge on any atom is -0.413 e. The van der Waals surface area contributed by atoms with Crippen LogP contribution in [0, 0.1) is 6.92 Å². The predicted molar refractivity (Wildman–Crippen MR) is 107 cm³/mol. The fraction of sp³-hybridized carbons (Fsp3) is 0.158. The number of nitrogens with zero attached hydrogens (tertiary/aromatic N) is 6. The normalized spacial score (nSPS) is 10.8. The minimum atomic E-state index is -0.0531. The van der Waals surface area contributed by atoms with Gasteiger partial charge in [0.25, 0.3) is 17.7 Å². The van der Waals surface area contributed by atoms with Crippen LogP contribution in [0.4, 0.5) is 0 Å². The Morgan fingerprint density at radius 1 is 1.07 bits per heavy atom. The SMILES string of the molecule is Cc1ncc(-c2ccc(C(=O)N(C)C)cc2)nc1-c1nnc(-c2cscn2)o1.[HH]. The lowest BCUT2D eigenvalue weighted by atomic mass is 10.1. The molecule has 8 nitrogen and oxygen atoms in total. The van der Waals surface area contributed by atoms with Gasteiger partial charge in [-0.1, -0.05) is 12.1 Å². The van der Waals surface area contributed by atoms with Crippen molar-refractivity contribution in [3.63, 3.8) is 0 Å². The number of hydrogen-bond acceptors (Lipinski definition) is 8. The Bertz CT molecular complexity index is 1130. The van der Waals surface area contributed by atoms with E-state index in [0.29, 0.717) is 34.2 Å². The number of amides is 1. The first-order valence-electron chi connectivity index (χ1n) is 8.41. The molecule has 3 heterocycles. The van der Waals surface area contributed by atoms with Crippen molar-refractivity contribution in [1.82, 2.24) is 30.0 Å². The number of aromatic nitrogens is 5. The lowest BCUT2D eigenvalue weighted by Crippen LogP contribution is -2.21. The molecule has 0 unspecified atom stereocenters. The van der Waals surface area contributed by atoms with Gasteiger partial charge in [0, 0.05) is 32.0 Å². The number of carbonyl (C=O) groups excluding carboxylic acids is 1. The van der Waals surface area contributed by atoms with E-state index in [1.165, 1.54) is 16.2 Å². The highest BCUT2D eigenvalue weighted by atomic mass is 32.1. The molecule has 0 saturated heterocycles. The van der Waals surface area contributed by atoms with Crippen LogP contribution in [0.1, 0.15) is 17.5 Å². The van der Waals surface area contributed by atoms with E-state index < -0.39 is 0 Å². The summed E-state index contributed by atoms with van der Waals surface area (Å²) in [5, 5.41) is 9.97. The summed E-state index contributed by atoms with van der Waals surface area (Å²) in [6.07, 6.45) is 1.68. The Balaban J connectivity index is 0.00000240. The summed E-state index contributed by atoms with van der Waals surface area (Å²) in [7, 11) is 3.44. The molecule has 4 aromatic rings. The van der Waals surface area contributed by atoms with E-state index in [-0.39, 0.29) is 13.2 Å². The van der Waals surface area contributed by atoms with Crippen LogP contribution >= 0.6 is 11.3 Å². The van der Waals surface area contributed by atoms with Crippen LogP contribution in [0.15, 0.2) is 45.8 Å². The molecule has 0 N–H and O–H groups in total. The van der Waals surface area contributed by atoms with Gasteiger partial charge in [0.2, 0.25) is 0 Å². The third kappa shape index (κ3) is 3.39. The molecular formula is C19H18N6O2S. The van der Waals surface area contributed by atoms with Crippen LogP contribution in [0.25, 0.3) is 34.4 Å². The zero-order chi connectivity index (χ0) is 19.7. The molecule has 0 atom stereocenters. The summed E-state index contributed by atoms with van der Waals surface area (Å²) in [4.78, 5) is 26.8. The maximum Gasteiger partial charge on any atom is 0.268 e. The van der Waals surface area contributed by atoms with Crippen molar-refractivity contribution >= 4 is 17.2 Å². The third-order valence-corrected chi connectivity index (χ3v) is 4.65. The topological polar surface area (TPSA) is 97.9 Å². The van der Waals surface area contributed by atoms with Crippen molar-refractivity contribution in [1.29, 1.82) is 0 Å². The molecular weight excluding hydrogens is 376 g/mol. The molecule has 0 saturated carbocycles. The van der Waals surface area contributed by atoms with Gasteiger partial charge in [-0.25, -0.2) is 9.97 Å². The number of carbonyl (C=O) groups is 1. The lowest BCUT2D eigenvalue weighted by Gasteiger charge is -2.10. The van der Waals surface area contributed by atoms with Crippen LogP contribution in [0.5, 0.6) is 0 Å². The third-order valence-electron chi connectivity index (χ3n) is 4.07. The van der Waals surface area contributed by atoms with Gasteiger partial charge in [-0.2, -0.15) is 0 Å². The van der Waals surface area contributed by atoms with Gasteiger partial charge < -0.3 is 9.32 Å². The summed E-state index contributed by atoms with van der Waals surface area (Å²) < 4.78 is 5.73. The zero-order valence-corrected chi connectivity index (χ0v) is 16.3. The van der Waals surface area contributed by atoms with Gasteiger partial charge in [0.1, 0.15) is 11.4 Å². The molecule has 1 aromatic carbocycles. The van der Waals surface area contributed by atoms with Crippen molar-refractivity contribution in [2.24, 2.45) is 0 Å². The van der Waals surface area contributed by atoms with E-state index >= 15 is 0 Å². The number of aryl methyl sites for hydroxylation is 1. The molecule has 142 valence electrons. The first-order chi connectivity index (χ1) is 13.5. The molecule has 1 amide bonds. The fourth-order valence-electron chi connectivity index (χ4n) is 2.57. The van der Waals surface area contributed by atoms with E-state index in [9.17, 15) is 4.79 Å². The molecule has 9 heteroatoms. The second kappa shape index (κ2) is 7.28. The van der Waals surface area contributed by atoms with Crippen molar-refractivity contribution in [2.45, 2.75) is 6.92 Å². The van der Waals surface area contributed by atoms with Gasteiger partial charge in [-0.3, -0.25) is 9.78 Å². The predicted octanol–water partition coefficient (Wildman–Crippen LogP) is 3.57. The molecule has 28 heavy (non-hydrogen) atoms.